The van der Waals surface area contributed by atoms with E-state index in [-0.39, 0.29) is 28.1 Å². The van der Waals surface area contributed by atoms with Crippen LogP contribution in [-0.2, 0) is 4.79 Å². The van der Waals surface area contributed by atoms with Gasteiger partial charge >= 0.3 is 6.61 Å². The number of para-hydroxylation sites is 2. The van der Waals surface area contributed by atoms with Gasteiger partial charge in [0.2, 0.25) is 11.1 Å². The summed E-state index contributed by atoms with van der Waals surface area (Å²) in [5, 5.41) is 21.0. The Morgan fingerprint density at radius 1 is 1.23 bits per heavy atom. The van der Waals surface area contributed by atoms with E-state index in [1.54, 1.807) is 13.0 Å². The average Bonchev–Trinajstić information content (AvgIpc) is 3.08. The molecule has 0 aliphatic rings. The topological polar surface area (TPSA) is 138 Å². The molecule has 1 aromatic heterocycles. The Hall–Kier alpha value is -3.74. The van der Waals surface area contributed by atoms with E-state index in [0.29, 0.717) is 5.56 Å². The molecule has 1 heterocycles. The summed E-state index contributed by atoms with van der Waals surface area (Å²) in [6.45, 7) is -1.35. The SMILES string of the molecule is C[C@H](Sc1nnc(-c2ccc(OC(F)F)cc2)n1N)C(=O)Nc1ccccc1[N+](=O)[O-]. The molecule has 1 amide bonds. The number of amides is 1. The summed E-state index contributed by atoms with van der Waals surface area (Å²) in [6, 6.07) is 11.4. The highest BCUT2D eigenvalue weighted by Gasteiger charge is 2.22. The molecule has 0 bridgehead atoms. The van der Waals surface area contributed by atoms with Crippen LogP contribution in [0.4, 0.5) is 20.2 Å². The van der Waals surface area contributed by atoms with Gasteiger partial charge in [-0.1, -0.05) is 23.9 Å². The van der Waals surface area contributed by atoms with Gasteiger partial charge in [-0.15, -0.1) is 10.2 Å². The molecule has 0 fully saturated rings. The van der Waals surface area contributed by atoms with Crippen LogP contribution in [0.1, 0.15) is 6.92 Å². The Kier molecular flexibility index (Phi) is 6.65. The van der Waals surface area contributed by atoms with Crippen molar-refractivity contribution in [3.05, 3.63) is 58.6 Å². The minimum absolute atomic E-state index is 0.0169. The zero-order valence-electron chi connectivity index (χ0n) is 15.9. The Labute approximate surface area is 178 Å². The molecule has 1 atom stereocenters. The lowest BCUT2D eigenvalue weighted by atomic mass is 10.2. The molecule has 2 aromatic carbocycles. The molecule has 0 spiro atoms. The maximum Gasteiger partial charge on any atom is 0.387 e. The highest BCUT2D eigenvalue weighted by molar-refractivity contribution is 8.00. The second kappa shape index (κ2) is 9.38. The van der Waals surface area contributed by atoms with E-state index in [1.807, 2.05) is 0 Å². The third-order valence-corrected chi connectivity index (χ3v) is 5.07. The number of nitrogens with zero attached hydrogens (tertiary/aromatic N) is 4. The van der Waals surface area contributed by atoms with E-state index < -0.39 is 22.7 Å². The van der Waals surface area contributed by atoms with Gasteiger partial charge in [0, 0.05) is 11.6 Å². The number of benzene rings is 2. The highest BCUT2D eigenvalue weighted by Crippen LogP contribution is 2.28. The molecule has 0 unspecified atom stereocenters. The number of aromatic nitrogens is 3. The number of alkyl halides is 2. The van der Waals surface area contributed by atoms with Gasteiger partial charge < -0.3 is 15.9 Å². The first kappa shape index (κ1) is 22.0. The smallest absolute Gasteiger partial charge is 0.387 e. The number of halogens is 2. The van der Waals surface area contributed by atoms with Gasteiger partial charge in [0.05, 0.1) is 10.2 Å². The van der Waals surface area contributed by atoms with E-state index >= 15 is 0 Å². The van der Waals surface area contributed by atoms with E-state index in [2.05, 4.69) is 20.3 Å². The van der Waals surface area contributed by atoms with Gasteiger partial charge in [-0.05, 0) is 37.3 Å². The molecule has 0 saturated carbocycles. The van der Waals surface area contributed by atoms with Gasteiger partial charge in [-0.3, -0.25) is 14.9 Å². The van der Waals surface area contributed by atoms with Crippen molar-refractivity contribution >= 4 is 29.0 Å². The van der Waals surface area contributed by atoms with Crippen molar-refractivity contribution in [3.63, 3.8) is 0 Å². The molecule has 0 saturated heterocycles. The quantitative estimate of drug-likeness (QED) is 0.231. The van der Waals surface area contributed by atoms with Crippen molar-refractivity contribution in [1.29, 1.82) is 0 Å². The number of carbonyl (C=O) groups excluding carboxylic acids is 1. The molecule has 0 radical (unpaired) electrons. The number of carbonyl (C=O) groups is 1. The predicted molar refractivity (Wildman–Crippen MR) is 109 cm³/mol. The van der Waals surface area contributed by atoms with Crippen molar-refractivity contribution in [2.75, 3.05) is 11.2 Å². The number of rotatable bonds is 8. The molecule has 10 nitrogen and oxygen atoms in total. The maximum absolute atomic E-state index is 12.5. The zero-order valence-corrected chi connectivity index (χ0v) is 16.8. The fourth-order valence-corrected chi connectivity index (χ4v) is 3.29. The van der Waals surface area contributed by atoms with Gasteiger partial charge in [0.1, 0.15) is 11.4 Å². The molecular weight excluding hydrogens is 434 g/mol. The second-order valence-electron chi connectivity index (χ2n) is 6.10. The normalized spacial score (nSPS) is 11.9. The first-order valence-electron chi connectivity index (χ1n) is 8.73. The lowest BCUT2D eigenvalue weighted by molar-refractivity contribution is -0.383. The average molecular weight is 450 g/mol. The van der Waals surface area contributed by atoms with Gasteiger partial charge in [0.15, 0.2) is 5.82 Å². The summed E-state index contributed by atoms with van der Waals surface area (Å²) < 4.78 is 30.0. The first-order chi connectivity index (χ1) is 14.8. The third-order valence-electron chi connectivity index (χ3n) is 4.01. The molecule has 0 aliphatic carbocycles. The molecular formula is C18H16F2N6O4S. The van der Waals surface area contributed by atoms with Crippen molar-refractivity contribution in [1.82, 2.24) is 14.9 Å². The van der Waals surface area contributed by atoms with Crippen LogP contribution in [0.3, 0.4) is 0 Å². The fourth-order valence-electron chi connectivity index (χ4n) is 2.52. The Morgan fingerprint density at radius 3 is 2.55 bits per heavy atom. The van der Waals surface area contributed by atoms with E-state index in [0.717, 1.165) is 16.4 Å². The standard InChI is InChI=1S/C18H16F2N6O4S/c1-10(16(27)22-13-4-2-3-5-14(13)26(28)29)31-18-24-23-15(25(18)21)11-6-8-12(9-7-11)30-17(19)20/h2-10,17H,21H2,1H3,(H,22,27)/t10-/m0/s1. The van der Waals surface area contributed by atoms with Crippen molar-refractivity contribution in [2.24, 2.45) is 0 Å². The van der Waals surface area contributed by atoms with Crippen molar-refractivity contribution in [3.8, 4) is 17.1 Å². The number of hydrogen-bond donors (Lipinski definition) is 2. The second-order valence-corrected chi connectivity index (χ2v) is 7.41. The van der Waals surface area contributed by atoms with Crippen molar-refractivity contribution < 1.29 is 23.2 Å². The Bertz CT molecular complexity index is 1090. The van der Waals surface area contributed by atoms with E-state index in [4.69, 9.17) is 5.84 Å². The molecule has 0 aliphatic heterocycles. The number of nitrogens with one attached hydrogen (secondary N) is 1. The van der Waals surface area contributed by atoms with Crippen LogP contribution in [0.25, 0.3) is 11.4 Å². The minimum atomic E-state index is -2.93. The number of thioether (sulfide) groups is 1. The summed E-state index contributed by atoms with van der Waals surface area (Å²) in [4.78, 5) is 23.0. The van der Waals surface area contributed by atoms with Gasteiger partial charge in [0.25, 0.3) is 5.69 Å². The largest absolute Gasteiger partial charge is 0.435 e. The molecule has 162 valence electrons. The van der Waals surface area contributed by atoms with Gasteiger partial charge in [-0.25, -0.2) is 4.68 Å². The fraction of sp³-hybridized carbons (Fsp3) is 0.167. The van der Waals surface area contributed by atoms with Crippen LogP contribution in [-0.4, -0.2) is 37.6 Å². The van der Waals surface area contributed by atoms with Gasteiger partial charge in [-0.2, -0.15) is 8.78 Å². The van der Waals surface area contributed by atoms with Crippen LogP contribution in [0.2, 0.25) is 0 Å². The number of hydrogen-bond acceptors (Lipinski definition) is 8. The highest BCUT2D eigenvalue weighted by atomic mass is 32.2. The van der Waals surface area contributed by atoms with Crippen molar-refractivity contribution in [2.45, 2.75) is 23.9 Å². The van der Waals surface area contributed by atoms with E-state index in [1.165, 1.54) is 42.5 Å². The molecule has 3 N–H and O–H groups in total. The lowest BCUT2D eigenvalue weighted by Gasteiger charge is -2.11. The number of nitrogen functional groups attached to an aromatic ring is 1. The number of nitro benzene ring substituents is 1. The molecule has 3 aromatic rings. The summed E-state index contributed by atoms with van der Waals surface area (Å²) in [6.07, 6.45) is 0. The van der Waals surface area contributed by atoms with E-state index in [9.17, 15) is 23.7 Å². The maximum atomic E-state index is 12.5. The number of ether oxygens (including phenoxy) is 1. The lowest BCUT2D eigenvalue weighted by Crippen LogP contribution is -2.24. The van der Waals surface area contributed by atoms with Crippen LogP contribution < -0.4 is 15.9 Å². The summed E-state index contributed by atoms with van der Waals surface area (Å²) in [5.41, 5.74) is 0.350. The Balaban J connectivity index is 1.70. The van der Waals surface area contributed by atoms with Crippen LogP contribution in [0.5, 0.6) is 5.75 Å². The summed E-state index contributed by atoms with van der Waals surface area (Å²) >= 11 is 0.997. The summed E-state index contributed by atoms with van der Waals surface area (Å²) in [5.74, 6) is 5.76. The zero-order chi connectivity index (χ0) is 22.5. The molecule has 13 heteroatoms. The van der Waals surface area contributed by atoms with Crippen LogP contribution in [0.15, 0.2) is 53.7 Å². The number of anilines is 1. The monoisotopic (exact) mass is 450 g/mol. The summed E-state index contributed by atoms with van der Waals surface area (Å²) in [7, 11) is 0. The molecule has 31 heavy (non-hydrogen) atoms. The third kappa shape index (κ3) is 5.25. The van der Waals surface area contributed by atoms with Crippen LogP contribution in [0, 0.1) is 10.1 Å². The predicted octanol–water partition coefficient (Wildman–Crippen LogP) is 3.29. The number of nitro groups is 1. The number of nitrogens with two attached hydrogens (primary N) is 1. The molecule has 3 rings (SSSR count). The minimum Gasteiger partial charge on any atom is -0.435 e. The van der Waals surface area contributed by atoms with Crippen LogP contribution >= 0.6 is 11.8 Å². The Morgan fingerprint density at radius 2 is 1.90 bits per heavy atom. The first-order valence-corrected chi connectivity index (χ1v) is 9.61.